The summed E-state index contributed by atoms with van der Waals surface area (Å²) in [5, 5.41) is 2.97. The van der Waals surface area contributed by atoms with Crippen molar-refractivity contribution in [3.8, 4) is 11.5 Å². The number of carbonyl (C=O) groups excluding carboxylic acids is 2. The Kier molecular flexibility index (Phi) is 5.33. The molecular formula is C27H24N4O4. The Morgan fingerprint density at radius 1 is 0.971 bits per heavy atom. The van der Waals surface area contributed by atoms with Gasteiger partial charge in [-0.15, -0.1) is 0 Å². The molecule has 1 aromatic heterocycles. The molecule has 6 rings (SSSR count). The van der Waals surface area contributed by atoms with E-state index < -0.39 is 6.04 Å². The smallest absolute Gasteiger partial charge is 0.253 e. The van der Waals surface area contributed by atoms with Crippen molar-refractivity contribution in [2.75, 3.05) is 18.2 Å². The fourth-order valence-electron chi connectivity index (χ4n) is 4.71. The fraction of sp³-hybridized carbons (Fsp3) is 0.222. The number of imidazole rings is 1. The molecular weight excluding hydrogens is 444 g/mol. The Bertz CT molecular complexity index is 1420. The number of hydrogen-bond donors (Lipinski definition) is 1. The van der Waals surface area contributed by atoms with Crippen molar-refractivity contribution in [1.82, 2.24) is 14.9 Å². The molecule has 3 aromatic carbocycles. The minimum Gasteiger partial charge on any atom is -0.454 e. The van der Waals surface area contributed by atoms with Gasteiger partial charge in [-0.3, -0.25) is 19.1 Å². The number of anilines is 1. The van der Waals surface area contributed by atoms with Crippen LogP contribution in [0, 0.1) is 0 Å². The molecule has 8 nitrogen and oxygen atoms in total. The summed E-state index contributed by atoms with van der Waals surface area (Å²) >= 11 is 0. The van der Waals surface area contributed by atoms with Crippen molar-refractivity contribution < 1.29 is 19.1 Å². The van der Waals surface area contributed by atoms with Crippen LogP contribution in [0.25, 0.3) is 11.0 Å². The van der Waals surface area contributed by atoms with Gasteiger partial charge in [-0.2, -0.15) is 0 Å². The Morgan fingerprint density at radius 3 is 2.66 bits per heavy atom. The van der Waals surface area contributed by atoms with E-state index in [-0.39, 0.29) is 25.0 Å². The van der Waals surface area contributed by atoms with E-state index >= 15 is 0 Å². The fourth-order valence-corrected chi connectivity index (χ4v) is 4.71. The maximum Gasteiger partial charge on any atom is 0.253 e. The van der Waals surface area contributed by atoms with Gasteiger partial charge in [-0.1, -0.05) is 48.5 Å². The van der Waals surface area contributed by atoms with Crippen LogP contribution in [0.3, 0.4) is 0 Å². The lowest BCUT2D eigenvalue weighted by atomic mass is 10.1. The Labute approximate surface area is 202 Å². The molecule has 176 valence electrons. The number of carbonyl (C=O) groups is 2. The molecule has 2 aliphatic heterocycles. The van der Waals surface area contributed by atoms with Crippen LogP contribution >= 0.6 is 0 Å². The topological polar surface area (TPSA) is 85.7 Å². The number of benzene rings is 3. The van der Waals surface area contributed by atoms with E-state index in [1.165, 1.54) is 0 Å². The Hall–Kier alpha value is -4.33. The molecule has 8 heteroatoms. The molecule has 4 aromatic rings. The normalized spacial score (nSPS) is 16.1. The van der Waals surface area contributed by atoms with Crippen LogP contribution in [0.5, 0.6) is 11.5 Å². The lowest BCUT2D eigenvalue weighted by molar-refractivity contribution is -0.127. The predicted molar refractivity (Wildman–Crippen MR) is 130 cm³/mol. The van der Waals surface area contributed by atoms with E-state index in [1.54, 1.807) is 4.90 Å². The van der Waals surface area contributed by atoms with E-state index in [0.29, 0.717) is 30.5 Å². The van der Waals surface area contributed by atoms with Gasteiger partial charge in [0.15, 0.2) is 11.5 Å². The van der Waals surface area contributed by atoms with Crippen molar-refractivity contribution in [3.05, 3.63) is 83.9 Å². The van der Waals surface area contributed by atoms with Crippen LogP contribution in [-0.4, -0.2) is 34.7 Å². The molecule has 0 bridgehead atoms. The summed E-state index contributed by atoms with van der Waals surface area (Å²) in [7, 11) is 0. The first-order valence-electron chi connectivity index (χ1n) is 11.6. The summed E-state index contributed by atoms with van der Waals surface area (Å²) in [6.45, 7) is 1.03. The molecule has 0 saturated carbocycles. The van der Waals surface area contributed by atoms with Crippen LogP contribution in [0.2, 0.25) is 0 Å². The molecule has 2 aliphatic rings. The third-order valence-corrected chi connectivity index (χ3v) is 6.42. The molecule has 0 fully saturated rings. The molecule has 1 atom stereocenters. The van der Waals surface area contributed by atoms with Crippen LogP contribution in [0.1, 0.15) is 23.6 Å². The number of fused-ring (bicyclic) bond motifs is 4. The van der Waals surface area contributed by atoms with Gasteiger partial charge in [-0.05, 0) is 41.8 Å². The standard InChI is InChI=1S/C27H24N4O4/c32-25(28-13-12-18-6-2-1-3-7-18)15-22-26(33)30(16-19-10-11-23-24(14-19)35-17-34-23)27-29-20-8-4-5-9-21(20)31(22)27/h1-11,14,22H,12-13,15-17H2,(H,28,32)/t22-/m1/s1. The second-order valence-corrected chi connectivity index (χ2v) is 8.69. The van der Waals surface area contributed by atoms with Gasteiger partial charge in [0.05, 0.1) is 24.0 Å². The molecule has 1 N–H and O–H groups in total. The average Bonchev–Trinajstić information content (AvgIpc) is 3.56. The second-order valence-electron chi connectivity index (χ2n) is 8.69. The van der Waals surface area contributed by atoms with E-state index in [0.717, 1.165) is 28.6 Å². The van der Waals surface area contributed by atoms with Gasteiger partial charge >= 0.3 is 0 Å². The Balaban J connectivity index is 1.23. The largest absolute Gasteiger partial charge is 0.454 e. The number of para-hydroxylation sites is 2. The van der Waals surface area contributed by atoms with Crippen LogP contribution < -0.4 is 19.7 Å². The molecule has 0 spiro atoms. The minimum atomic E-state index is -0.650. The van der Waals surface area contributed by atoms with Crippen molar-refractivity contribution in [1.29, 1.82) is 0 Å². The van der Waals surface area contributed by atoms with Crippen LogP contribution in [0.4, 0.5) is 5.95 Å². The molecule has 2 amide bonds. The maximum absolute atomic E-state index is 13.6. The quantitative estimate of drug-likeness (QED) is 0.448. The summed E-state index contributed by atoms with van der Waals surface area (Å²) < 4.78 is 12.8. The number of hydrogen-bond acceptors (Lipinski definition) is 5. The third kappa shape index (κ3) is 3.97. The number of amides is 2. The molecule has 0 aliphatic carbocycles. The number of nitrogens with one attached hydrogen (secondary N) is 1. The summed E-state index contributed by atoms with van der Waals surface area (Å²) in [4.78, 5) is 32.8. The highest BCUT2D eigenvalue weighted by molar-refractivity contribution is 6.03. The van der Waals surface area contributed by atoms with E-state index in [2.05, 4.69) is 5.32 Å². The first kappa shape index (κ1) is 21.2. The highest BCUT2D eigenvalue weighted by atomic mass is 16.7. The molecule has 0 saturated heterocycles. The highest BCUT2D eigenvalue weighted by Crippen LogP contribution is 2.38. The summed E-state index contributed by atoms with van der Waals surface area (Å²) in [6, 6.07) is 22.7. The van der Waals surface area contributed by atoms with Crippen molar-refractivity contribution in [2.24, 2.45) is 0 Å². The van der Waals surface area contributed by atoms with Gasteiger partial charge in [0.2, 0.25) is 18.6 Å². The lowest BCUT2D eigenvalue weighted by Gasteiger charge is -2.16. The van der Waals surface area contributed by atoms with Crippen molar-refractivity contribution in [2.45, 2.75) is 25.4 Å². The first-order valence-corrected chi connectivity index (χ1v) is 11.6. The zero-order valence-electron chi connectivity index (χ0n) is 19.0. The van der Waals surface area contributed by atoms with Gasteiger partial charge in [-0.25, -0.2) is 4.98 Å². The Morgan fingerprint density at radius 2 is 1.77 bits per heavy atom. The van der Waals surface area contributed by atoms with Gasteiger partial charge in [0.1, 0.15) is 6.04 Å². The average molecular weight is 469 g/mol. The van der Waals surface area contributed by atoms with Crippen LogP contribution in [-0.2, 0) is 22.6 Å². The zero-order chi connectivity index (χ0) is 23.8. The third-order valence-electron chi connectivity index (χ3n) is 6.42. The molecule has 35 heavy (non-hydrogen) atoms. The number of ether oxygens (including phenoxy) is 2. The first-order chi connectivity index (χ1) is 17.2. The molecule has 0 radical (unpaired) electrons. The predicted octanol–water partition coefficient (Wildman–Crippen LogP) is 3.60. The van der Waals surface area contributed by atoms with Crippen molar-refractivity contribution in [3.63, 3.8) is 0 Å². The molecule has 3 heterocycles. The van der Waals surface area contributed by atoms with Crippen molar-refractivity contribution >= 4 is 28.8 Å². The number of aromatic nitrogens is 2. The second kappa shape index (κ2) is 8.79. The van der Waals surface area contributed by atoms with Crippen LogP contribution in [0.15, 0.2) is 72.8 Å². The SMILES string of the molecule is O=C(C[C@@H]1C(=O)N(Cc2ccc3c(c2)OCO3)c2nc3ccccc3n21)NCCc1ccccc1. The minimum absolute atomic E-state index is 0.0542. The number of rotatable bonds is 7. The highest BCUT2D eigenvalue weighted by Gasteiger charge is 2.41. The maximum atomic E-state index is 13.6. The lowest BCUT2D eigenvalue weighted by Crippen LogP contribution is -2.33. The van der Waals surface area contributed by atoms with E-state index in [4.69, 9.17) is 14.5 Å². The van der Waals surface area contributed by atoms with Gasteiger partial charge in [0.25, 0.3) is 5.91 Å². The summed E-state index contributed by atoms with van der Waals surface area (Å²) in [5.74, 6) is 1.61. The monoisotopic (exact) mass is 468 g/mol. The van der Waals surface area contributed by atoms with Gasteiger partial charge < -0.3 is 14.8 Å². The summed E-state index contributed by atoms with van der Waals surface area (Å²) in [5.41, 5.74) is 3.68. The summed E-state index contributed by atoms with van der Waals surface area (Å²) in [6.07, 6.45) is 0.791. The van der Waals surface area contributed by atoms with E-state index in [9.17, 15) is 9.59 Å². The van der Waals surface area contributed by atoms with E-state index in [1.807, 2.05) is 77.4 Å². The number of nitrogens with zero attached hydrogens (tertiary/aromatic N) is 3. The van der Waals surface area contributed by atoms with Gasteiger partial charge in [0, 0.05) is 6.54 Å². The zero-order valence-corrected chi connectivity index (χ0v) is 19.0. The molecule has 0 unspecified atom stereocenters.